The molecule has 0 amide bonds. The summed E-state index contributed by atoms with van der Waals surface area (Å²) in [5.41, 5.74) is -4.72. The lowest BCUT2D eigenvalue weighted by molar-refractivity contribution is -0.0535. The van der Waals surface area contributed by atoms with E-state index in [2.05, 4.69) is 4.18 Å². The molecule has 1 aliphatic rings. The molecule has 1 fully saturated rings. The zero-order valence-corrected chi connectivity index (χ0v) is 15.7. The number of halogens is 3. The quantitative estimate of drug-likeness (QED) is 0.781. The molecule has 142 valence electrons. The summed E-state index contributed by atoms with van der Waals surface area (Å²) in [4.78, 5) is 0.0616. The number of hydrogen-bond acceptors (Lipinski definition) is 4. The van der Waals surface area contributed by atoms with Crippen molar-refractivity contribution >= 4 is 21.1 Å². The third kappa shape index (κ3) is 5.02. The van der Waals surface area contributed by atoms with Gasteiger partial charge in [-0.1, -0.05) is 31.5 Å². The molecule has 0 spiro atoms. The number of sulfonamides is 1. The van der Waals surface area contributed by atoms with Crippen molar-refractivity contribution in [3.8, 4) is 0 Å². The van der Waals surface area contributed by atoms with Gasteiger partial charge in [-0.15, -0.1) is 0 Å². The Balaban J connectivity index is 2.25. The van der Waals surface area contributed by atoms with Crippen LogP contribution in [0.15, 0.2) is 29.2 Å². The fourth-order valence-corrected chi connectivity index (χ4v) is 4.94. The highest BCUT2D eigenvalue weighted by atomic mass is 32.2. The molecule has 2 rings (SSSR count). The molecule has 2 unspecified atom stereocenters. The topological polar surface area (TPSA) is 63.7 Å². The van der Waals surface area contributed by atoms with E-state index in [1.54, 1.807) is 26.0 Å². The number of hydrogen-bond donors (Lipinski definition) is 0. The van der Waals surface area contributed by atoms with Gasteiger partial charge in [0.15, 0.2) is 0 Å². The number of benzene rings is 1. The van der Waals surface area contributed by atoms with Crippen molar-refractivity contribution in [2.24, 2.45) is 5.41 Å². The molecule has 5 nitrogen and oxygen atoms in total. The molecular weight excluding hydrogens is 379 g/mol. The van der Waals surface area contributed by atoms with Gasteiger partial charge in [-0.25, -0.2) is 12.6 Å². The summed E-state index contributed by atoms with van der Waals surface area (Å²) in [5, 5.41) is 0. The predicted molar refractivity (Wildman–Crippen MR) is 87.4 cm³/mol. The first-order valence-electron chi connectivity index (χ1n) is 7.54. The first kappa shape index (κ1) is 20.3. The molecule has 1 aliphatic heterocycles. The molecule has 1 saturated heterocycles. The second-order valence-electron chi connectivity index (χ2n) is 6.88. The Labute approximate surface area is 147 Å². The van der Waals surface area contributed by atoms with E-state index in [1.807, 2.05) is 6.92 Å². The van der Waals surface area contributed by atoms with Crippen LogP contribution in [0.2, 0.25) is 0 Å². The van der Waals surface area contributed by atoms with Crippen molar-refractivity contribution < 1.29 is 30.0 Å². The summed E-state index contributed by atoms with van der Waals surface area (Å²) < 4.78 is 79.9. The van der Waals surface area contributed by atoms with E-state index in [0.29, 0.717) is 0 Å². The van der Waals surface area contributed by atoms with Crippen molar-refractivity contribution in [1.29, 1.82) is 0 Å². The lowest BCUT2D eigenvalue weighted by atomic mass is 9.84. The zero-order chi connectivity index (χ0) is 19.0. The van der Waals surface area contributed by atoms with Gasteiger partial charge in [-0.3, -0.25) is 4.18 Å². The number of rotatable bonds is 4. The molecule has 0 bridgehead atoms. The van der Waals surface area contributed by atoms with Crippen LogP contribution in [0, 0.1) is 12.3 Å². The van der Waals surface area contributed by atoms with Crippen LogP contribution in [0.25, 0.3) is 0 Å². The van der Waals surface area contributed by atoms with Crippen molar-refractivity contribution in [2.75, 3.05) is 13.1 Å². The molecule has 0 aromatic heterocycles. The van der Waals surface area contributed by atoms with Crippen molar-refractivity contribution in [3.05, 3.63) is 29.8 Å². The summed E-state index contributed by atoms with van der Waals surface area (Å²) in [5.74, 6) is 0. The molecule has 10 heteroatoms. The Morgan fingerprint density at radius 3 is 2.32 bits per heavy atom. The Kier molecular flexibility index (Phi) is 5.68. The minimum atomic E-state index is -5.00. The minimum Gasteiger partial charge on any atom is -0.279 e. The number of alkyl halides is 3. The molecular formula is C15H20F3NO4S2. The Hall–Kier alpha value is -0.970. The van der Waals surface area contributed by atoms with Crippen LogP contribution < -0.4 is 0 Å². The molecule has 1 aromatic carbocycles. The van der Waals surface area contributed by atoms with Crippen LogP contribution in [-0.4, -0.2) is 41.6 Å². The Morgan fingerprint density at radius 1 is 1.24 bits per heavy atom. The largest absolute Gasteiger partial charge is 0.497 e. The van der Waals surface area contributed by atoms with E-state index >= 15 is 0 Å². The van der Waals surface area contributed by atoms with E-state index in [4.69, 9.17) is 0 Å². The maximum absolute atomic E-state index is 12.8. The van der Waals surface area contributed by atoms with Crippen LogP contribution in [0.4, 0.5) is 13.2 Å². The standard InChI is InChI=1S/C15H20F3NO4S2/c1-11-4-6-13(7-5-11)25(21,22)19-9-12(8-14(2,3)10-19)23-24(20)15(16,17)18/h4-7,12H,8-10H2,1-3H3. The van der Waals surface area contributed by atoms with Gasteiger partial charge in [-0.2, -0.15) is 17.5 Å². The lowest BCUT2D eigenvalue weighted by Gasteiger charge is -2.41. The van der Waals surface area contributed by atoms with Crippen LogP contribution in [-0.2, 0) is 25.3 Å². The van der Waals surface area contributed by atoms with E-state index in [9.17, 15) is 25.8 Å². The van der Waals surface area contributed by atoms with E-state index in [0.717, 1.165) is 9.87 Å². The Bertz CT molecular complexity index is 745. The number of nitrogens with zero attached hydrogens (tertiary/aromatic N) is 1. The van der Waals surface area contributed by atoms with Crippen molar-refractivity contribution in [1.82, 2.24) is 4.31 Å². The summed E-state index contributed by atoms with van der Waals surface area (Å²) in [6.45, 7) is 5.15. The van der Waals surface area contributed by atoms with Gasteiger partial charge in [0.1, 0.15) is 0 Å². The van der Waals surface area contributed by atoms with E-state index in [-0.39, 0.29) is 24.4 Å². The highest BCUT2D eigenvalue weighted by Gasteiger charge is 2.44. The number of piperidine rings is 1. The van der Waals surface area contributed by atoms with Gasteiger partial charge in [0.05, 0.1) is 11.0 Å². The van der Waals surface area contributed by atoms with Gasteiger partial charge in [-0.05, 0) is 30.9 Å². The molecule has 1 aromatic rings. The van der Waals surface area contributed by atoms with Crippen LogP contribution in [0.5, 0.6) is 0 Å². The van der Waals surface area contributed by atoms with Gasteiger partial charge < -0.3 is 0 Å². The average molecular weight is 399 g/mol. The molecule has 0 saturated carbocycles. The van der Waals surface area contributed by atoms with Crippen LogP contribution in [0.1, 0.15) is 25.8 Å². The third-order valence-electron chi connectivity index (χ3n) is 3.86. The van der Waals surface area contributed by atoms with Crippen LogP contribution in [0.3, 0.4) is 0 Å². The monoisotopic (exact) mass is 399 g/mol. The highest BCUT2D eigenvalue weighted by molar-refractivity contribution is 7.89. The second-order valence-corrected chi connectivity index (χ2v) is 9.94. The highest BCUT2D eigenvalue weighted by Crippen LogP contribution is 2.35. The smallest absolute Gasteiger partial charge is 0.279 e. The summed E-state index contributed by atoms with van der Waals surface area (Å²) >= 11 is -3.48. The zero-order valence-electron chi connectivity index (χ0n) is 14.0. The summed E-state index contributed by atoms with van der Waals surface area (Å²) in [6.07, 6.45) is -0.930. The first-order valence-corrected chi connectivity index (χ1v) is 10.1. The lowest BCUT2D eigenvalue weighted by Crippen LogP contribution is -2.50. The molecule has 25 heavy (non-hydrogen) atoms. The van der Waals surface area contributed by atoms with Gasteiger partial charge in [0.25, 0.3) is 11.1 Å². The maximum atomic E-state index is 12.8. The van der Waals surface area contributed by atoms with Gasteiger partial charge >= 0.3 is 5.51 Å². The molecule has 0 radical (unpaired) electrons. The minimum absolute atomic E-state index is 0.0616. The van der Waals surface area contributed by atoms with Crippen molar-refractivity contribution in [2.45, 2.75) is 43.7 Å². The number of aryl methyl sites for hydroxylation is 1. The maximum Gasteiger partial charge on any atom is 0.497 e. The normalized spacial score (nSPS) is 23.4. The first-order chi connectivity index (χ1) is 11.3. The van der Waals surface area contributed by atoms with Gasteiger partial charge in [0, 0.05) is 13.1 Å². The third-order valence-corrected chi connectivity index (χ3v) is 6.51. The fourth-order valence-electron chi connectivity index (χ4n) is 2.80. The van der Waals surface area contributed by atoms with Gasteiger partial charge in [0.2, 0.25) is 10.0 Å². The molecule has 2 atom stereocenters. The summed E-state index contributed by atoms with van der Waals surface area (Å²) in [7, 11) is -3.88. The molecule has 1 heterocycles. The van der Waals surface area contributed by atoms with E-state index in [1.165, 1.54) is 12.1 Å². The van der Waals surface area contributed by atoms with Crippen LogP contribution >= 0.6 is 0 Å². The second kappa shape index (κ2) is 6.98. The molecule has 0 aliphatic carbocycles. The Morgan fingerprint density at radius 2 is 1.80 bits per heavy atom. The SMILES string of the molecule is Cc1ccc(S(=O)(=O)N2CC(OS(=O)C(F)(F)F)CC(C)(C)C2)cc1. The van der Waals surface area contributed by atoms with Crippen molar-refractivity contribution in [3.63, 3.8) is 0 Å². The summed E-state index contributed by atoms with van der Waals surface area (Å²) in [6, 6.07) is 6.20. The average Bonchev–Trinajstić information content (AvgIpc) is 2.45. The fraction of sp³-hybridized carbons (Fsp3) is 0.600. The van der Waals surface area contributed by atoms with E-state index < -0.39 is 38.1 Å². The predicted octanol–water partition coefficient (Wildman–Crippen LogP) is 2.98. The molecule has 0 N–H and O–H groups in total.